The van der Waals surface area contributed by atoms with Gasteiger partial charge in [0.05, 0.1) is 35.6 Å². The zero-order valence-corrected chi connectivity index (χ0v) is 28.0. The molecule has 1 aliphatic rings. The Morgan fingerprint density at radius 1 is 1.10 bits per heavy atom. The maximum Gasteiger partial charge on any atom is 0.271 e. The van der Waals surface area contributed by atoms with Crippen molar-refractivity contribution in [2.45, 2.75) is 19.9 Å². The lowest BCUT2D eigenvalue weighted by molar-refractivity contribution is -0.113. The van der Waals surface area contributed by atoms with Crippen LogP contribution in [0.25, 0.3) is 6.08 Å². The van der Waals surface area contributed by atoms with Crippen LogP contribution in [0.4, 0.5) is 5.69 Å². The zero-order valence-electron chi connectivity index (χ0n) is 22.9. The average Bonchev–Trinajstić information content (AvgIpc) is 3.27. The number of carbonyl (C=O) groups is 1. The van der Waals surface area contributed by atoms with E-state index in [1.165, 1.54) is 11.3 Å². The minimum atomic E-state index is -0.669. The number of hydrogen-bond donors (Lipinski definition) is 1. The fourth-order valence-corrected chi connectivity index (χ4v) is 7.83. The van der Waals surface area contributed by atoms with Crippen LogP contribution in [-0.2, 0) is 4.79 Å². The van der Waals surface area contributed by atoms with Crippen molar-refractivity contribution in [1.82, 2.24) is 4.57 Å². The Labute approximate surface area is 274 Å². The van der Waals surface area contributed by atoms with Crippen molar-refractivity contribution in [3.63, 3.8) is 0 Å². The van der Waals surface area contributed by atoms with Crippen molar-refractivity contribution in [2.75, 3.05) is 18.5 Å². The zero-order chi connectivity index (χ0) is 29.8. The number of amides is 1. The summed E-state index contributed by atoms with van der Waals surface area (Å²) in [6.45, 7) is 8.40. The monoisotopic (exact) mass is 803 g/mol. The topological polar surface area (TPSA) is 81.9 Å². The van der Waals surface area contributed by atoms with Crippen LogP contribution in [0.5, 0.6) is 11.5 Å². The molecule has 1 atom stereocenters. The van der Waals surface area contributed by atoms with E-state index in [4.69, 9.17) is 14.5 Å². The van der Waals surface area contributed by atoms with Gasteiger partial charge in [0.25, 0.3) is 11.5 Å². The number of halogens is 2. The summed E-state index contributed by atoms with van der Waals surface area (Å²) in [7, 11) is 0. The van der Waals surface area contributed by atoms with Crippen molar-refractivity contribution < 1.29 is 14.3 Å². The summed E-state index contributed by atoms with van der Waals surface area (Å²) in [4.78, 5) is 33.1. The van der Waals surface area contributed by atoms with Gasteiger partial charge in [-0.05, 0) is 113 Å². The van der Waals surface area contributed by atoms with Gasteiger partial charge in [-0.15, -0.1) is 0 Å². The van der Waals surface area contributed by atoms with Crippen LogP contribution >= 0.6 is 56.5 Å². The Morgan fingerprint density at radius 3 is 2.43 bits per heavy atom. The molecule has 7 nitrogen and oxygen atoms in total. The van der Waals surface area contributed by atoms with E-state index >= 15 is 0 Å². The number of rotatable bonds is 9. The van der Waals surface area contributed by atoms with Crippen LogP contribution in [0.1, 0.15) is 31.0 Å². The van der Waals surface area contributed by atoms with E-state index in [1.807, 2.05) is 86.7 Å². The highest BCUT2D eigenvalue weighted by molar-refractivity contribution is 14.1. The van der Waals surface area contributed by atoms with Gasteiger partial charge >= 0.3 is 0 Å². The Bertz CT molecular complexity index is 1840. The molecule has 0 spiro atoms. The number of carbonyl (C=O) groups excluding carboxylic acids is 1. The van der Waals surface area contributed by atoms with Crippen molar-refractivity contribution in [1.29, 1.82) is 0 Å². The predicted molar refractivity (Wildman–Crippen MR) is 184 cm³/mol. The highest BCUT2D eigenvalue weighted by Gasteiger charge is 2.32. The maximum absolute atomic E-state index is 14.0. The first-order chi connectivity index (χ1) is 20.3. The molecule has 3 aromatic carbocycles. The molecule has 2 heterocycles. The number of thiazole rings is 1. The molecule has 10 heteroatoms. The van der Waals surface area contributed by atoms with Crippen LogP contribution in [0.2, 0.25) is 0 Å². The van der Waals surface area contributed by atoms with Crippen molar-refractivity contribution in [2.24, 2.45) is 4.99 Å². The van der Waals surface area contributed by atoms with Gasteiger partial charge < -0.3 is 14.8 Å². The van der Waals surface area contributed by atoms with E-state index in [9.17, 15) is 9.59 Å². The highest BCUT2D eigenvalue weighted by Crippen LogP contribution is 2.32. The fourth-order valence-electron chi connectivity index (χ4n) is 4.65. The van der Waals surface area contributed by atoms with Crippen molar-refractivity contribution in [3.8, 4) is 11.5 Å². The number of allylic oxidation sites excluding steroid dienone is 1. The van der Waals surface area contributed by atoms with Crippen molar-refractivity contribution >= 4 is 74.2 Å². The number of nitrogens with one attached hydrogen (secondary N) is 1. The number of fused-ring (bicyclic) bond motifs is 1. The number of hydrogen-bond acceptors (Lipinski definition) is 6. The average molecular weight is 803 g/mol. The third kappa shape index (κ3) is 6.40. The minimum absolute atomic E-state index is 0.216. The Morgan fingerprint density at radius 2 is 1.79 bits per heavy atom. The van der Waals surface area contributed by atoms with Gasteiger partial charge in [0.1, 0.15) is 18.1 Å². The molecule has 4 aromatic rings. The van der Waals surface area contributed by atoms with Gasteiger partial charge in [-0.1, -0.05) is 54.3 Å². The van der Waals surface area contributed by atoms with Crippen LogP contribution in [-0.4, -0.2) is 23.7 Å². The third-order valence-corrected chi connectivity index (χ3v) is 9.05. The van der Waals surface area contributed by atoms with Crippen LogP contribution in [0, 0.1) is 7.14 Å². The second kappa shape index (κ2) is 13.4. The predicted octanol–water partition coefficient (Wildman–Crippen LogP) is 6.05. The Kier molecular flexibility index (Phi) is 9.63. The van der Waals surface area contributed by atoms with E-state index in [2.05, 4.69) is 57.1 Å². The molecule has 0 radical (unpaired) electrons. The molecule has 0 aliphatic carbocycles. The van der Waals surface area contributed by atoms with Gasteiger partial charge in [-0.2, -0.15) is 0 Å². The normalized spacial score (nSPS) is 14.7. The summed E-state index contributed by atoms with van der Waals surface area (Å²) in [5.74, 6) is 1.19. The van der Waals surface area contributed by atoms with Gasteiger partial charge in [-0.3, -0.25) is 14.2 Å². The second-order valence-electron chi connectivity index (χ2n) is 9.32. The Balaban J connectivity index is 1.63. The van der Waals surface area contributed by atoms with Crippen LogP contribution in [0.3, 0.4) is 0 Å². The van der Waals surface area contributed by atoms with Crippen LogP contribution in [0.15, 0.2) is 100 Å². The lowest BCUT2D eigenvalue weighted by Gasteiger charge is -2.25. The summed E-state index contributed by atoms with van der Waals surface area (Å²) < 4.78 is 15.5. The first kappa shape index (κ1) is 30.2. The standard InChI is InChI=1S/C32H27I2N3O4S/c1-4-15-41-29-24(33)16-20(17-25(29)34)18-26-31(39)37-28(21-11-13-23(14-12-21)40-5-2)27(19(3)35-32(37)42-26)30(38)36-22-9-7-6-8-10-22/h4,6-14,16-18,28H,1,5,15H2,2-3H3,(H,36,38)/b26-18+/t28-/m0/s1. The number of aromatic nitrogens is 1. The largest absolute Gasteiger partial charge is 0.494 e. The Hall–Kier alpha value is -3.23. The van der Waals surface area contributed by atoms with Gasteiger partial charge in [-0.25, -0.2) is 4.99 Å². The molecule has 0 saturated carbocycles. The van der Waals surface area contributed by atoms with Gasteiger partial charge in [0.2, 0.25) is 0 Å². The van der Waals surface area contributed by atoms with Crippen LogP contribution < -0.4 is 29.7 Å². The summed E-state index contributed by atoms with van der Waals surface area (Å²) in [6.07, 6.45) is 3.57. The van der Waals surface area contributed by atoms with E-state index in [-0.39, 0.29) is 11.5 Å². The summed E-state index contributed by atoms with van der Waals surface area (Å²) >= 11 is 5.78. The second-order valence-corrected chi connectivity index (χ2v) is 12.7. The molecule has 1 aliphatic heterocycles. The lowest BCUT2D eigenvalue weighted by atomic mass is 9.95. The SMILES string of the molecule is C=CCOc1c(I)cc(/C=c2/sc3n(c2=O)[C@@H](c2ccc(OCC)cc2)C(C(=O)Nc2ccccc2)=C(C)N=3)cc1I. The lowest BCUT2D eigenvalue weighted by Crippen LogP contribution is -2.40. The molecule has 0 unspecified atom stereocenters. The minimum Gasteiger partial charge on any atom is -0.494 e. The molecule has 0 saturated heterocycles. The first-order valence-electron chi connectivity index (χ1n) is 13.1. The fraction of sp³-hybridized carbons (Fsp3) is 0.156. The molecule has 214 valence electrons. The number of anilines is 1. The molecular weight excluding hydrogens is 776 g/mol. The molecule has 0 bridgehead atoms. The number of benzene rings is 3. The summed E-state index contributed by atoms with van der Waals surface area (Å²) in [5, 5.41) is 2.98. The summed E-state index contributed by atoms with van der Waals surface area (Å²) in [5.41, 5.74) is 3.07. The molecule has 1 N–H and O–H groups in total. The molecule has 1 amide bonds. The van der Waals surface area contributed by atoms with E-state index in [0.717, 1.165) is 29.8 Å². The van der Waals surface area contributed by atoms with E-state index in [0.29, 0.717) is 39.5 Å². The molecule has 5 rings (SSSR count). The summed E-state index contributed by atoms with van der Waals surface area (Å²) in [6, 6.07) is 20.1. The highest BCUT2D eigenvalue weighted by atomic mass is 127. The smallest absolute Gasteiger partial charge is 0.271 e. The third-order valence-electron chi connectivity index (χ3n) is 6.47. The van der Waals surface area contributed by atoms with Crippen molar-refractivity contribution in [3.05, 3.63) is 129 Å². The number of para-hydroxylation sites is 1. The molecule has 1 aromatic heterocycles. The molecule has 0 fully saturated rings. The molecule has 42 heavy (non-hydrogen) atoms. The number of ether oxygens (including phenoxy) is 2. The van der Waals surface area contributed by atoms with E-state index < -0.39 is 6.04 Å². The molecular formula is C32H27I2N3O4S. The number of nitrogens with zero attached hydrogens (tertiary/aromatic N) is 2. The van der Waals surface area contributed by atoms with E-state index in [1.54, 1.807) is 10.6 Å². The van der Waals surface area contributed by atoms with Gasteiger partial charge in [0, 0.05) is 5.69 Å². The van der Waals surface area contributed by atoms with Gasteiger partial charge in [0.15, 0.2) is 4.80 Å². The quantitative estimate of drug-likeness (QED) is 0.165. The first-order valence-corrected chi connectivity index (χ1v) is 16.1. The maximum atomic E-state index is 14.0.